The molecule has 0 aromatic heterocycles. The number of aryl methyl sites for hydroxylation is 1. The molecule has 1 aromatic rings. The summed E-state index contributed by atoms with van der Waals surface area (Å²) < 4.78 is 5.12. The fourth-order valence-electron chi connectivity index (χ4n) is 2.04. The lowest BCUT2D eigenvalue weighted by atomic mass is 10.1. The van der Waals surface area contributed by atoms with Crippen molar-refractivity contribution in [1.82, 2.24) is 5.32 Å². The minimum Gasteiger partial charge on any atom is -0.481 e. The highest BCUT2D eigenvalue weighted by Crippen LogP contribution is 2.32. The summed E-state index contributed by atoms with van der Waals surface area (Å²) in [4.78, 5) is 35.3. The Kier molecular flexibility index (Phi) is 4.42. The average molecular weight is 292 g/mol. The van der Waals surface area contributed by atoms with Crippen LogP contribution >= 0.6 is 0 Å². The number of carboxylic acids is 1. The Morgan fingerprint density at radius 2 is 2.19 bits per heavy atom. The van der Waals surface area contributed by atoms with E-state index in [2.05, 4.69) is 5.32 Å². The maximum absolute atomic E-state index is 11.8. The van der Waals surface area contributed by atoms with Crippen molar-refractivity contribution in [3.8, 4) is 5.75 Å². The van der Waals surface area contributed by atoms with Crippen molar-refractivity contribution in [3.05, 3.63) is 23.8 Å². The third-order valence-corrected chi connectivity index (χ3v) is 2.99. The van der Waals surface area contributed by atoms with Gasteiger partial charge in [-0.3, -0.25) is 9.59 Å². The Balaban J connectivity index is 2.03. The van der Waals surface area contributed by atoms with Crippen molar-refractivity contribution >= 4 is 23.5 Å². The molecule has 7 heteroatoms. The number of ether oxygens (including phenoxy) is 1. The molecule has 0 unspecified atom stereocenters. The van der Waals surface area contributed by atoms with Crippen molar-refractivity contribution < 1.29 is 24.2 Å². The molecule has 0 aliphatic carbocycles. The van der Waals surface area contributed by atoms with Crippen molar-refractivity contribution in [1.29, 1.82) is 0 Å². The number of carbonyl (C=O) groups is 3. The van der Waals surface area contributed by atoms with Gasteiger partial charge >= 0.3 is 11.9 Å². The van der Waals surface area contributed by atoms with Crippen LogP contribution in [0, 0.1) is 6.92 Å². The normalized spacial score (nSPS) is 13.4. The first kappa shape index (κ1) is 14.8. The summed E-state index contributed by atoms with van der Waals surface area (Å²) >= 11 is 0. The van der Waals surface area contributed by atoms with Crippen LogP contribution < -0.4 is 15.0 Å². The molecule has 21 heavy (non-hydrogen) atoms. The van der Waals surface area contributed by atoms with Crippen LogP contribution in [0.1, 0.15) is 12.0 Å². The fourth-order valence-corrected chi connectivity index (χ4v) is 2.04. The summed E-state index contributed by atoms with van der Waals surface area (Å²) in [6.45, 7) is 1.93. The quantitative estimate of drug-likeness (QED) is 0.599. The van der Waals surface area contributed by atoms with E-state index in [0.717, 1.165) is 5.56 Å². The number of carbonyl (C=O) groups excluding carboxylic acids is 2. The fraction of sp³-hybridized carbons (Fsp3) is 0.357. The van der Waals surface area contributed by atoms with E-state index < -0.39 is 11.9 Å². The molecular weight excluding hydrogens is 276 g/mol. The first-order valence-corrected chi connectivity index (χ1v) is 6.50. The molecule has 7 nitrogen and oxygen atoms in total. The number of amides is 1. The number of carboxylic acid groups (broad SMARTS) is 1. The number of esters is 1. The van der Waals surface area contributed by atoms with Crippen LogP contribution in [0.2, 0.25) is 0 Å². The molecule has 0 saturated carbocycles. The number of nitrogens with one attached hydrogen (secondary N) is 1. The minimum atomic E-state index is -0.974. The highest BCUT2D eigenvalue weighted by atomic mass is 16.5. The number of fused-ring (bicyclic) bond motifs is 1. The average Bonchev–Trinajstić information content (AvgIpc) is 2.39. The van der Waals surface area contributed by atoms with Gasteiger partial charge in [-0.15, -0.1) is 0 Å². The second kappa shape index (κ2) is 6.25. The predicted octanol–water partition coefficient (Wildman–Crippen LogP) is 0.311. The molecule has 112 valence electrons. The molecule has 0 fully saturated rings. The van der Waals surface area contributed by atoms with Gasteiger partial charge in [-0.05, 0) is 24.6 Å². The zero-order valence-corrected chi connectivity index (χ0v) is 11.6. The highest BCUT2D eigenvalue weighted by Gasteiger charge is 2.25. The second-order valence-corrected chi connectivity index (χ2v) is 4.80. The zero-order chi connectivity index (χ0) is 15.4. The predicted molar refractivity (Wildman–Crippen MR) is 74.3 cm³/mol. The molecule has 0 saturated heterocycles. The lowest BCUT2D eigenvalue weighted by Gasteiger charge is -2.29. The van der Waals surface area contributed by atoms with Crippen molar-refractivity contribution in [2.24, 2.45) is 0 Å². The Labute approximate surface area is 121 Å². The number of anilines is 1. The maximum atomic E-state index is 11.8. The van der Waals surface area contributed by atoms with Crippen molar-refractivity contribution in [3.63, 3.8) is 0 Å². The van der Waals surface area contributed by atoms with E-state index in [1.54, 1.807) is 11.0 Å². The molecule has 0 atom stereocenters. The molecule has 1 heterocycles. The SMILES string of the molecule is Cc1ccc2c(c1)N(CC(=O)NCCC(=O)O)CC(=O)O2. The van der Waals surface area contributed by atoms with Crippen LogP contribution in [-0.4, -0.2) is 42.6 Å². The largest absolute Gasteiger partial charge is 0.481 e. The highest BCUT2D eigenvalue weighted by molar-refractivity contribution is 5.89. The van der Waals surface area contributed by atoms with E-state index in [-0.39, 0.29) is 32.0 Å². The Morgan fingerprint density at radius 1 is 1.43 bits per heavy atom. The van der Waals surface area contributed by atoms with E-state index in [0.29, 0.717) is 11.4 Å². The van der Waals surface area contributed by atoms with Crippen LogP contribution in [0.4, 0.5) is 5.69 Å². The third kappa shape index (κ3) is 3.95. The van der Waals surface area contributed by atoms with E-state index >= 15 is 0 Å². The summed E-state index contributed by atoms with van der Waals surface area (Å²) in [5, 5.41) is 11.0. The van der Waals surface area contributed by atoms with Crippen molar-refractivity contribution in [2.45, 2.75) is 13.3 Å². The first-order chi connectivity index (χ1) is 9.95. The van der Waals surface area contributed by atoms with Crippen LogP contribution in [0.3, 0.4) is 0 Å². The molecule has 0 bridgehead atoms. The van der Waals surface area contributed by atoms with Crippen LogP contribution in [0.5, 0.6) is 5.75 Å². The number of rotatable bonds is 5. The molecule has 1 aromatic carbocycles. The molecule has 2 rings (SSSR count). The molecule has 0 spiro atoms. The van der Waals surface area contributed by atoms with Crippen LogP contribution in [-0.2, 0) is 14.4 Å². The van der Waals surface area contributed by atoms with Gasteiger partial charge in [0.05, 0.1) is 18.7 Å². The van der Waals surface area contributed by atoms with Gasteiger partial charge in [0.15, 0.2) is 5.75 Å². The van der Waals surface area contributed by atoms with Gasteiger partial charge in [0.2, 0.25) is 5.91 Å². The number of nitrogens with zero attached hydrogens (tertiary/aromatic N) is 1. The molecule has 1 aliphatic heterocycles. The molecule has 1 aliphatic rings. The maximum Gasteiger partial charge on any atom is 0.331 e. The van der Waals surface area contributed by atoms with Crippen molar-refractivity contribution in [2.75, 3.05) is 24.5 Å². The van der Waals surface area contributed by atoms with Crippen LogP contribution in [0.15, 0.2) is 18.2 Å². The summed E-state index contributed by atoms with van der Waals surface area (Å²) in [6.07, 6.45) is -0.135. The third-order valence-electron chi connectivity index (χ3n) is 2.99. The van der Waals surface area contributed by atoms with E-state index in [1.165, 1.54) is 0 Å². The zero-order valence-electron chi connectivity index (χ0n) is 11.6. The Hall–Kier alpha value is -2.57. The molecular formula is C14H16N2O5. The molecule has 1 amide bonds. The molecule has 0 radical (unpaired) electrons. The first-order valence-electron chi connectivity index (χ1n) is 6.50. The standard InChI is InChI=1S/C14H16N2O5/c1-9-2-3-11-10(6-9)16(8-14(20)21-11)7-12(17)15-5-4-13(18)19/h2-3,6H,4-5,7-8H2,1H3,(H,15,17)(H,18,19). The summed E-state index contributed by atoms with van der Waals surface area (Å²) in [7, 11) is 0. The summed E-state index contributed by atoms with van der Waals surface area (Å²) in [5.74, 6) is -1.31. The topological polar surface area (TPSA) is 95.9 Å². The summed E-state index contributed by atoms with van der Waals surface area (Å²) in [6, 6.07) is 5.35. The van der Waals surface area contributed by atoms with Gasteiger partial charge in [0.25, 0.3) is 0 Å². The van der Waals surface area contributed by atoms with E-state index in [4.69, 9.17) is 9.84 Å². The number of hydrogen-bond acceptors (Lipinski definition) is 5. The van der Waals surface area contributed by atoms with Gasteiger partial charge in [-0.25, -0.2) is 4.79 Å². The van der Waals surface area contributed by atoms with Gasteiger partial charge < -0.3 is 20.1 Å². The number of benzene rings is 1. The van der Waals surface area contributed by atoms with E-state index in [9.17, 15) is 14.4 Å². The number of aliphatic carboxylic acids is 1. The lowest BCUT2D eigenvalue weighted by molar-refractivity contribution is -0.137. The molecule has 2 N–H and O–H groups in total. The Bertz CT molecular complexity index is 585. The monoisotopic (exact) mass is 292 g/mol. The minimum absolute atomic E-state index is 0.0111. The van der Waals surface area contributed by atoms with E-state index in [1.807, 2.05) is 19.1 Å². The second-order valence-electron chi connectivity index (χ2n) is 4.80. The van der Waals surface area contributed by atoms with Gasteiger partial charge in [0, 0.05) is 6.54 Å². The van der Waals surface area contributed by atoms with Gasteiger partial charge in [-0.2, -0.15) is 0 Å². The van der Waals surface area contributed by atoms with Crippen LogP contribution in [0.25, 0.3) is 0 Å². The lowest BCUT2D eigenvalue weighted by Crippen LogP contribution is -2.43. The van der Waals surface area contributed by atoms with Gasteiger partial charge in [-0.1, -0.05) is 6.07 Å². The smallest absolute Gasteiger partial charge is 0.331 e. The Morgan fingerprint density at radius 3 is 2.90 bits per heavy atom. The summed E-state index contributed by atoms with van der Waals surface area (Å²) in [5.41, 5.74) is 1.67. The van der Waals surface area contributed by atoms with Gasteiger partial charge in [0.1, 0.15) is 6.54 Å². The number of hydrogen-bond donors (Lipinski definition) is 2.